The molecule has 1 heterocycles. The number of carbonyl (C=O) groups is 1. The molecule has 0 spiro atoms. The predicted octanol–water partition coefficient (Wildman–Crippen LogP) is 1.08. The standard InChI is InChI=1S/C11H14N4O4/c1-6-12-10(15(18)19)9(14(6)2)13-8-4-3-7(5-8)11(16)17/h3-4,7-8,13H,5H2,1-2H3,(H,16,17). The predicted molar refractivity (Wildman–Crippen MR) is 66.9 cm³/mol. The highest BCUT2D eigenvalue weighted by Crippen LogP contribution is 2.28. The molecule has 0 radical (unpaired) electrons. The Labute approximate surface area is 108 Å². The van der Waals surface area contributed by atoms with Crippen LogP contribution < -0.4 is 5.32 Å². The average Bonchev–Trinajstić information content (AvgIpc) is 2.89. The number of carboxylic acid groups (broad SMARTS) is 1. The zero-order valence-electron chi connectivity index (χ0n) is 10.5. The fourth-order valence-corrected chi connectivity index (χ4v) is 2.05. The number of imidazole rings is 1. The maximum absolute atomic E-state index is 10.9. The molecule has 2 rings (SSSR count). The van der Waals surface area contributed by atoms with Crippen LogP contribution in [0, 0.1) is 23.0 Å². The van der Waals surface area contributed by atoms with Crippen molar-refractivity contribution in [2.24, 2.45) is 13.0 Å². The molecule has 8 heteroatoms. The van der Waals surface area contributed by atoms with E-state index in [2.05, 4.69) is 10.3 Å². The third kappa shape index (κ3) is 2.42. The Morgan fingerprint density at radius 1 is 1.63 bits per heavy atom. The molecule has 19 heavy (non-hydrogen) atoms. The van der Waals surface area contributed by atoms with Gasteiger partial charge in [-0.25, -0.2) is 0 Å². The van der Waals surface area contributed by atoms with E-state index in [0.717, 1.165) is 0 Å². The Morgan fingerprint density at radius 3 is 2.84 bits per heavy atom. The van der Waals surface area contributed by atoms with E-state index in [4.69, 9.17) is 5.11 Å². The van der Waals surface area contributed by atoms with E-state index < -0.39 is 16.8 Å². The van der Waals surface area contributed by atoms with Crippen LogP contribution in [0.1, 0.15) is 12.2 Å². The van der Waals surface area contributed by atoms with Gasteiger partial charge in [-0.1, -0.05) is 12.2 Å². The zero-order chi connectivity index (χ0) is 14.2. The number of aliphatic carboxylic acids is 1. The van der Waals surface area contributed by atoms with Gasteiger partial charge in [0.25, 0.3) is 0 Å². The summed E-state index contributed by atoms with van der Waals surface area (Å²) in [6.45, 7) is 1.67. The van der Waals surface area contributed by atoms with Gasteiger partial charge >= 0.3 is 11.8 Å². The lowest BCUT2D eigenvalue weighted by atomic mass is 10.1. The van der Waals surface area contributed by atoms with Gasteiger partial charge in [-0.2, -0.15) is 0 Å². The van der Waals surface area contributed by atoms with Crippen molar-refractivity contribution in [1.29, 1.82) is 0 Å². The van der Waals surface area contributed by atoms with Gasteiger partial charge in [0.1, 0.15) is 0 Å². The lowest BCUT2D eigenvalue weighted by Crippen LogP contribution is -2.20. The first kappa shape index (κ1) is 13.1. The van der Waals surface area contributed by atoms with E-state index in [1.807, 2.05) is 0 Å². The van der Waals surface area contributed by atoms with Crippen molar-refractivity contribution in [2.75, 3.05) is 5.32 Å². The second kappa shape index (κ2) is 4.71. The SMILES string of the molecule is Cc1nc([N+](=O)[O-])c(NC2C=CC(C(=O)O)C2)n1C. The molecule has 8 nitrogen and oxygen atoms in total. The number of nitrogens with zero attached hydrogens (tertiary/aromatic N) is 3. The van der Waals surface area contributed by atoms with E-state index >= 15 is 0 Å². The number of rotatable bonds is 4. The molecule has 1 aliphatic carbocycles. The quantitative estimate of drug-likeness (QED) is 0.479. The monoisotopic (exact) mass is 266 g/mol. The van der Waals surface area contributed by atoms with Gasteiger partial charge < -0.3 is 20.5 Å². The van der Waals surface area contributed by atoms with E-state index in [1.165, 1.54) is 0 Å². The molecule has 1 aromatic heterocycles. The highest BCUT2D eigenvalue weighted by molar-refractivity contribution is 5.73. The Hall–Kier alpha value is -2.38. The number of hydrogen-bond acceptors (Lipinski definition) is 5. The summed E-state index contributed by atoms with van der Waals surface area (Å²) in [7, 11) is 1.67. The van der Waals surface area contributed by atoms with Crippen LogP contribution in [0.2, 0.25) is 0 Å². The van der Waals surface area contributed by atoms with Gasteiger partial charge in [0.15, 0.2) is 0 Å². The summed E-state index contributed by atoms with van der Waals surface area (Å²) in [5.41, 5.74) is 0. The Kier molecular flexibility index (Phi) is 3.24. The van der Waals surface area contributed by atoms with Crippen molar-refractivity contribution in [2.45, 2.75) is 19.4 Å². The van der Waals surface area contributed by atoms with Crippen LogP contribution in [0.4, 0.5) is 11.6 Å². The summed E-state index contributed by atoms with van der Waals surface area (Å²) in [5.74, 6) is -0.872. The van der Waals surface area contributed by atoms with Gasteiger partial charge in [-0.15, -0.1) is 0 Å². The third-order valence-corrected chi connectivity index (χ3v) is 3.20. The summed E-state index contributed by atoms with van der Waals surface area (Å²) in [6, 6.07) is -0.241. The number of aromatic nitrogens is 2. The van der Waals surface area contributed by atoms with E-state index in [0.29, 0.717) is 18.1 Å². The molecule has 0 aliphatic heterocycles. The number of carboxylic acids is 1. The van der Waals surface area contributed by atoms with E-state index in [1.54, 1.807) is 30.7 Å². The minimum Gasteiger partial charge on any atom is -0.481 e. The molecule has 2 N–H and O–H groups in total. The lowest BCUT2D eigenvalue weighted by molar-refractivity contribution is -0.388. The Morgan fingerprint density at radius 2 is 2.32 bits per heavy atom. The molecule has 1 aromatic rings. The van der Waals surface area contributed by atoms with Crippen LogP contribution in [0.25, 0.3) is 0 Å². The first-order valence-electron chi connectivity index (χ1n) is 5.75. The van der Waals surface area contributed by atoms with Crippen LogP contribution in [0.15, 0.2) is 12.2 Å². The van der Waals surface area contributed by atoms with Gasteiger partial charge in [0.05, 0.1) is 5.92 Å². The van der Waals surface area contributed by atoms with Crippen molar-refractivity contribution in [3.63, 3.8) is 0 Å². The van der Waals surface area contributed by atoms with Gasteiger partial charge in [0, 0.05) is 20.0 Å². The second-order valence-corrected chi connectivity index (χ2v) is 4.46. The van der Waals surface area contributed by atoms with Crippen LogP contribution in [-0.2, 0) is 11.8 Å². The lowest BCUT2D eigenvalue weighted by Gasteiger charge is -2.13. The number of anilines is 1. The molecule has 102 valence electrons. The highest BCUT2D eigenvalue weighted by atomic mass is 16.6. The molecule has 2 atom stereocenters. The molecule has 0 saturated heterocycles. The summed E-state index contributed by atoms with van der Waals surface area (Å²) < 4.78 is 1.58. The van der Waals surface area contributed by atoms with Crippen LogP contribution >= 0.6 is 0 Å². The van der Waals surface area contributed by atoms with Gasteiger partial charge in [-0.05, 0) is 16.3 Å². The molecule has 0 bridgehead atoms. The molecular formula is C11H14N4O4. The fraction of sp³-hybridized carbons (Fsp3) is 0.455. The largest absolute Gasteiger partial charge is 0.481 e. The summed E-state index contributed by atoms with van der Waals surface area (Å²) in [5, 5.41) is 22.8. The van der Waals surface area contributed by atoms with E-state index in [9.17, 15) is 14.9 Å². The summed E-state index contributed by atoms with van der Waals surface area (Å²) in [6.07, 6.45) is 3.68. The molecule has 0 amide bonds. The van der Waals surface area contributed by atoms with Gasteiger partial charge in [-0.3, -0.25) is 9.36 Å². The van der Waals surface area contributed by atoms with Crippen LogP contribution in [0.5, 0.6) is 0 Å². The minimum absolute atomic E-state index is 0.241. The molecule has 2 unspecified atom stereocenters. The molecule has 1 aliphatic rings. The summed E-state index contributed by atoms with van der Waals surface area (Å²) in [4.78, 5) is 25.1. The first-order valence-corrected chi connectivity index (χ1v) is 5.75. The summed E-state index contributed by atoms with van der Waals surface area (Å²) >= 11 is 0. The second-order valence-electron chi connectivity index (χ2n) is 4.46. The molecule has 0 aromatic carbocycles. The number of nitrogens with one attached hydrogen (secondary N) is 1. The zero-order valence-corrected chi connectivity index (χ0v) is 10.5. The van der Waals surface area contributed by atoms with Crippen molar-refractivity contribution in [1.82, 2.24) is 9.55 Å². The van der Waals surface area contributed by atoms with Crippen molar-refractivity contribution in [3.05, 3.63) is 28.1 Å². The van der Waals surface area contributed by atoms with Crippen LogP contribution in [0.3, 0.4) is 0 Å². The average molecular weight is 266 g/mol. The van der Waals surface area contributed by atoms with Crippen molar-refractivity contribution >= 4 is 17.6 Å². The molecule has 0 saturated carbocycles. The third-order valence-electron chi connectivity index (χ3n) is 3.20. The smallest absolute Gasteiger partial charge is 0.406 e. The first-order chi connectivity index (χ1) is 8.90. The normalized spacial score (nSPS) is 21.6. The highest BCUT2D eigenvalue weighted by Gasteiger charge is 2.29. The topological polar surface area (TPSA) is 110 Å². The fourth-order valence-electron chi connectivity index (χ4n) is 2.05. The van der Waals surface area contributed by atoms with Gasteiger partial charge in [0.2, 0.25) is 11.6 Å². The number of aryl methyl sites for hydroxylation is 1. The maximum Gasteiger partial charge on any atom is 0.406 e. The number of nitro groups is 1. The molecular weight excluding hydrogens is 252 g/mol. The maximum atomic E-state index is 10.9. The Balaban J connectivity index is 2.19. The Bertz CT molecular complexity index is 563. The molecule has 0 fully saturated rings. The van der Waals surface area contributed by atoms with Crippen molar-refractivity contribution in [3.8, 4) is 0 Å². The van der Waals surface area contributed by atoms with Crippen LogP contribution in [-0.4, -0.2) is 31.6 Å². The van der Waals surface area contributed by atoms with E-state index in [-0.39, 0.29) is 11.9 Å². The van der Waals surface area contributed by atoms with Crippen molar-refractivity contribution < 1.29 is 14.8 Å². The minimum atomic E-state index is -0.892. The number of hydrogen-bond donors (Lipinski definition) is 2.